The van der Waals surface area contributed by atoms with Crippen molar-refractivity contribution in [3.8, 4) is 0 Å². The Kier molecular flexibility index (Phi) is 6.19. The molecule has 0 aliphatic carbocycles. The number of halogens is 2. The Morgan fingerprint density at radius 1 is 1.50 bits per heavy atom. The fraction of sp³-hybridized carbons (Fsp3) is 0.417. The van der Waals surface area contributed by atoms with E-state index in [1.54, 1.807) is 6.08 Å². The molecule has 0 rings (SSSR count). The molecule has 0 nitrogen and oxygen atoms in total. The molecule has 2 heteroatoms. The van der Waals surface area contributed by atoms with Gasteiger partial charge in [0.05, 0.1) is 5.03 Å². The predicted octanol–water partition coefficient (Wildman–Crippen LogP) is 5.17. The molecule has 0 aromatic heterocycles. The van der Waals surface area contributed by atoms with E-state index < -0.39 is 0 Å². The fourth-order valence-corrected chi connectivity index (χ4v) is 1.79. The maximum Gasteiger partial charge on any atom is 0.0858 e. The first-order valence-electron chi connectivity index (χ1n) is 4.50. The zero-order valence-corrected chi connectivity index (χ0v) is 11.5. The lowest BCUT2D eigenvalue weighted by molar-refractivity contribution is 0.848. The largest absolute Gasteiger partial charge is 0.105 e. The Labute approximate surface area is 100 Å². The van der Waals surface area contributed by atoms with Crippen molar-refractivity contribution >= 4 is 27.5 Å². The van der Waals surface area contributed by atoms with Crippen LogP contribution in [-0.4, -0.2) is 0 Å². The fourth-order valence-electron chi connectivity index (χ4n) is 0.881. The molecule has 0 aromatic carbocycles. The Balaban J connectivity index is 5.13. The number of rotatable bonds is 3. The van der Waals surface area contributed by atoms with E-state index >= 15 is 0 Å². The number of allylic oxidation sites excluding steroid dienone is 4. The summed E-state index contributed by atoms with van der Waals surface area (Å²) in [5.74, 6) is 0.294. The zero-order valence-electron chi connectivity index (χ0n) is 9.12. The molecule has 0 saturated carbocycles. The summed E-state index contributed by atoms with van der Waals surface area (Å²) in [7, 11) is 0. The summed E-state index contributed by atoms with van der Waals surface area (Å²) in [5, 5.41) is 0.646. The molecule has 0 spiro atoms. The van der Waals surface area contributed by atoms with Gasteiger partial charge in [-0.2, -0.15) is 0 Å². The molecule has 0 N–H and O–H groups in total. The molecule has 0 heterocycles. The Hall–Kier alpha value is -0.230. The van der Waals surface area contributed by atoms with Crippen molar-refractivity contribution in [3.63, 3.8) is 0 Å². The molecule has 0 saturated heterocycles. The van der Waals surface area contributed by atoms with Gasteiger partial charge in [-0.3, -0.25) is 0 Å². The molecule has 78 valence electrons. The van der Waals surface area contributed by atoms with Crippen LogP contribution in [0.15, 0.2) is 39.0 Å². The van der Waals surface area contributed by atoms with Crippen molar-refractivity contribution in [1.29, 1.82) is 0 Å². The molecule has 0 aliphatic rings. The van der Waals surface area contributed by atoms with E-state index in [1.807, 2.05) is 20.8 Å². The van der Waals surface area contributed by atoms with Crippen molar-refractivity contribution < 1.29 is 0 Å². The normalized spacial score (nSPS) is 13.9. The molecule has 0 amide bonds. The van der Waals surface area contributed by atoms with Crippen molar-refractivity contribution in [3.05, 3.63) is 39.0 Å². The highest BCUT2D eigenvalue weighted by Crippen LogP contribution is 2.30. The monoisotopic (exact) mass is 274 g/mol. The standard InChI is InChI=1S/C12H16BrCl/c1-6-7-11(14)10(5)12(13)9(4)8(2)3/h6,9H,2H2,1,3-5H3/b12-10+. The molecule has 0 radical (unpaired) electrons. The average Bonchev–Trinajstić information content (AvgIpc) is 2.14. The van der Waals surface area contributed by atoms with Crippen LogP contribution in [0, 0.1) is 5.92 Å². The molecule has 0 fully saturated rings. The van der Waals surface area contributed by atoms with Crippen molar-refractivity contribution in [2.75, 3.05) is 0 Å². The lowest BCUT2D eigenvalue weighted by Crippen LogP contribution is -1.97. The highest BCUT2D eigenvalue weighted by Gasteiger charge is 2.11. The second kappa shape index (κ2) is 6.29. The van der Waals surface area contributed by atoms with E-state index in [0.717, 1.165) is 15.6 Å². The van der Waals surface area contributed by atoms with Gasteiger partial charge < -0.3 is 0 Å². The van der Waals surface area contributed by atoms with E-state index in [-0.39, 0.29) is 0 Å². The maximum atomic E-state index is 6.03. The first-order chi connectivity index (χ1) is 6.41. The van der Waals surface area contributed by atoms with Gasteiger partial charge in [0, 0.05) is 10.4 Å². The van der Waals surface area contributed by atoms with Crippen LogP contribution in [0.2, 0.25) is 0 Å². The highest BCUT2D eigenvalue weighted by atomic mass is 79.9. The molecule has 0 bridgehead atoms. The molecular formula is C12H16BrCl. The van der Waals surface area contributed by atoms with Gasteiger partial charge in [-0.15, -0.1) is 5.73 Å². The minimum atomic E-state index is 0.294. The third-order valence-corrected chi connectivity index (χ3v) is 3.75. The smallest absolute Gasteiger partial charge is 0.0858 e. The van der Waals surface area contributed by atoms with E-state index in [2.05, 4.69) is 35.2 Å². The quantitative estimate of drug-likeness (QED) is 0.379. The Morgan fingerprint density at radius 2 is 2.00 bits per heavy atom. The molecule has 0 aliphatic heterocycles. The minimum Gasteiger partial charge on any atom is -0.105 e. The van der Waals surface area contributed by atoms with Crippen LogP contribution in [0.4, 0.5) is 0 Å². The Bertz CT molecular complexity index is 317. The van der Waals surface area contributed by atoms with Gasteiger partial charge in [0.1, 0.15) is 0 Å². The minimum absolute atomic E-state index is 0.294. The number of hydrogen-bond acceptors (Lipinski definition) is 0. The Morgan fingerprint density at radius 3 is 2.36 bits per heavy atom. The van der Waals surface area contributed by atoms with Crippen LogP contribution in [-0.2, 0) is 0 Å². The van der Waals surface area contributed by atoms with Gasteiger partial charge in [0.2, 0.25) is 0 Å². The summed E-state index contributed by atoms with van der Waals surface area (Å²) >= 11 is 9.57. The van der Waals surface area contributed by atoms with Gasteiger partial charge in [-0.05, 0) is 32.4 Å². The summed E-state index contributed by atoms with van der Waals surface area (Å²) in [6.45, 7) is 11.9. The van der Waals surface area contributed by atoms with Crippen LogP contribution in [0.5, 0.6) is 0 Å². The second-order valence-electron chi connectivity index (χ2n) is 3.29. The highest BCUT2D eigenvalue weighted by molar-refractivity contribution is 9.11. The van der Waals surface area contributed by atoms with Gasteiger partial charge in [0.15, 0.2) is 0 Å². The van der Waals surface area contributed by atoms with Gasteiger partial charge >= 0.3 is 0 Å². The van der Waals surface area contributed by atoms with Crippen molar-refractivity contribution in [2.24, 2.45) is 5.92 Å². The van der Waals surface area contributed by atoms with Gasteiger partial charge in [-0.25, -0.2) is 0 Å². The molecule has 0 aromatic rings. The van der Waals surface area contributed by atoms with E-state index in [9.17, 15) is 0 Å². The summed E-state index contributed by atoms with van der Waals surface area (Å²) in [5.41, 5.74) is 5.09. The van der Waals surface area contributed by atoms with Crippen molar-refractivity contribution in [2.45, 2.75) is 27.7 Å². The maximum absolute atomic E-state index is 6.03. The SMILES string of the molecule is C=C(C)C(C)/C(Br)=C(/C)C(Cl)=C=CC. The molecule has 1 unspecified atom stereocenters. The molecule has 14 heavy (non-hydrogen) atoms. The van der Waals surface area contributed by atoms with E-state index in [4.69, 9.17) is 11.6 Å². The topological polar surface area (TPSA) is 0 Å². The van der Waals surface area contributed by atoms with Crippen LogP contribution in [0.25, 0.3) is 0 Å². The van der Waals surface area contributed by atoms with Crippen LogP contribution < -0.4 is 0 Å². The third-order valence-electron chi connectivity index (χ3n) is 2.08. The zero-order chi connectivity index (χ0) is 11.3. The van der Waals surface area contributed by atoms with Gasteiger partial charge in [-0.1, -0.05) is 46.6 Å². The lowest BCUT2D eigenvalue weighted by Gasteiger charge is -2.12. The van der Waals surface area contributed by atoms with Crippen molar-refractivity contribution in [1.82, 2.24) is 0 Å². The van der Waals surface area contributed by atoms with Crippen LogP contribution in [0.3, 0.4) is 0 Å². The summed E-state index contributed by atoms with van der Waals surface area (Å²) < 4.78 is 1.07. The molecule has 1 atom stereocenters. The van der Waals surface area contributed by atoms with E-state index in [1.165, 1.54) is 0 Å². The molecular weight excluding hydrogens is 259 g/mol. The summed E-state index contributed by atoms with van der Waals surface area (Å²) in [6, 6.07) is 0. The second-order valence-corrected chi connectivity index (χ2v) is 4.52. The average molecular weight is 276 g/mol. The lowest BCUT2D eigenvalue weighted by atomic mass is 10.0. The van der Waals surface area contributed by atoms with Gasteiger partial charge in [0.25, 0.3) is 0 Å². The summed E-state index contributed by atoms with van der Waals surface area (Å²) in [6.07, 6.45) is 1.80. The predicted molar refractivity (Wildman–Crippen MR) is 68.7 cm³/mol. The summed E-state index contributed by atoms with van der Waals surface area (Å²) in [4.78, 5) is 0. The van der Waals surface area contributed by atoms with Crippen LogP contribution in [0.1, 0.15) is 27.7 Å². The van der Waals surface area contributed by atoms with E-state index in [0.29, 0.717) is 11.0 Å². The first kappa shape index (κ1) is 13.8. The number of hydrogen-bond donors (Lipinski definition) is 0. The first-order valence-corrected chi connectivity index (χ1v) is 5.67. The third kappa shape index (κ3) is 3.88. The van der Waals surface area contributed by atoms with Crippen LogP contribution >= 0.6 is 27.5 Å².